The molecule has 0 radical (unpaired) electrons. The largest absolute Gasteiger partial charge is 0.496 e. The second-order valence-corrected chi connectivity index (χ2v) is 13.6. The number of carbonyl (C=O) groups excluding carboxylic acids is 3. The van der Waals surface area contributed by atoms with Gasteiger partial charge in [0.1, 0.15) is 29.0 Å². The summed E-state index contributed by atoms with van der Waals surface area (Å²) in [5, 5.41) is 2.62. The molecule has 0 heterocycles. The molecule has 11 heteroatoms. The van der Waals surface area contributed by atoms with Gasteiger partial charge in [0.05, 0.1) is 26.4 Å². The molecule has 0 aromatic heterocycles. The maximum absolute atomic E-state index is 12.8. The molecule has 0 fully saturated rings. The summed E-state index contributed by atoms with van der Waals surface area (Å²) in [5.74, 6) is 0.326. The number of benzene rings is 2. The number of hydrogen-bond donors (Lipinski definition) is 2. The average Bonchev–Trinajstić information content (AvgIpc) is 2.90. The lowest BCUT2D eigenvalue weighted by Crippen LogP contribution is -2.45. The molecule has 0 spiro atoms. The Morgan fingerprint density at radius 2 is 1.33 bits per heavy atom. The Labute approximate surface area is 273 Å². The molecule has 0 aliphatic heterocycles. The fraction of sp³-hybridized carbons (Fsp3) is 0.571. The van der Waals surface area contributed by atoms with Crippen molar-refractivity contribution in [2.24, 2.45) is 5.73 Å². The van der Waals surface area contributed by atoms with Crippen LogP contribution in [-0.4, -0.2) is 67.7 Å². The van der Waals surface area contributed by atoms with E-state index in [2.05, 4.69) is 5.32 Å². The van der Waals surface area contributed by atoms with Crippen LogP contribution in [0.1, 0.15) is 80.4 Å². The fourth-order valence-corrected chi connectivity index (χ4v) is 4.50. The second kappa shape index (κ2) is 16.0. The van der Waals surface area contributed by atoms with Gasteiger partial charge < -0.3 is 39.5 Å². The lowest BCUT2D eigenvalue weighted by atomic mass is 9.94. The molecule has 2 atom stereocenters. The van der Waals surface area contributed by atoms with Crippen LogP contribution in [0.25, 0.3) is 11.1 Å². The van der Waals surface area contributed by atoms with Gasteiger partial charge in [-0.15, -0.1) is 0 Å². The van der Waals surface area contributed by atoms with E-state index in [1.807, 2.05) is 45.9 Å². The summed E-state index contributed by atoms with van der Waals surface area (Å²) in [7, 11) is 2.81. The van der Waals surface area contributed by atoms with Crippen molar-refractivity contribution in [3.63, 3.8) is 0 Å². The number of nitrogens with one attached hydrogen (secondary N) is 1. The standard InChI is InChI=1S/C35H52N2O9/c1-20(2)43-29-19-23(17-26(36)31(38)45-34(5,6)7)16-25(30(29)44-21(3)4)24-15-22(13-14-28(24)41-11)18-27(32(39)42-12)37-33(40)46-35(8,9)10/h13-16,19-21,26-27H,17-18,36H2,1-12H3,(H,37,40)/t26-,27-/m0/s1. The van der Waals surface area contributed by atoms with E-state index in [1.165, 1.54) is 7.11 Å². The molecular formula is C35H52N2O9. The molecule has 11 nitrogen and oxygen atoms in total. The van der Waals surface area contributed by atoms with Gasteiger partial charge >= 0.3 is 18.0 Å². The first kappa shape index (κ1) is 38.2. The molecule has 0 aliphatic rings. The third-order valence-corrected chi connectivity index (χ3v) is 6.17. The van der Waals surface area contributed by atoms with Crippen LogP contribution in [0.5, 0.6) is 17.2 Å². The van der Waals surface area contributed by atoms with Gasteiger partial charge in [0, 0.05) is 17.5 Å². The van der Waals surface area contributed by atoms with Crippen molar-refractivity contribution in [1.29, 1.82) is 0 Å². The predicted molar refractivity (Wildman–Crippen MR) is 176 cm³/mol. The van der Waals surface area contributed by atoms with Crippen molar-refractivity contribution < 1.29 is 42.8 Å². The van der Waals surface area contributed by atoms with E-state index in [-0.39, 0.29) is 25.0 Å². The van der Waals surface area contributed by atoms with Crippen LogP contribution in [0.15, 0.2) is 30.3 Å². The molecule has 2 aromatic carbocycles. The number of alkyl carbamates (subject to hydrolysis) is 1. The highest BCUT2D eigenvalue weighted by molar-refractivity contribution is 5.83. The lowest BCUT2D eigenvalue weighted by Gasteiger charge is -2.25. The molecule has 256 valence electrons. The van der Waals surface area contributed by atoms with Gasteiger partial charge in [-0.3, -0.25) is 4.79 Å². The summed E-state index contributed by atoms with van der Waals surface area (Å²) >= 11 is 0. The van der Waals surface area contributed by atoms with Crippen molar-refractivity contribution in [3.8, 4) is 28.4 Å². The number of methoxy groups -OCH3 is 2. The van der Waals surface area contributed by atoms with Crippen LogP contribution >= 0.6 is 0 Å². The maximum atomic E-state index is 12.8. The van der Waals surface area contributed by atoms with E-state index in [0.29, 0.717) is 39.5 Å². The summed E-state index contributed by atoms with van der Waals surface area (Å²) < 4.78 is 34.2. The van der Waals surface area contributed by atoms with Crippen LogP contribution in [0.4, 0.5) is 4.79 Å². The van der Waals surface area contributed by atoms with Crippen molar-refractivity contribution in [3.05, 3.63) is 41.5 Å². The second-order valence-electron chi connectivity index (χ2n) is 13.6. The van der Waals surface area contributed by atoms with Crippen molar-refractivity contribution in [2.75, 3.05) is 14.2 Å². The molecule has 3 N–H and O–H groups in total. The predicted octanol–water partition coefficient (Wildman–Crippen LogP) is 5.76. The highest BCUT2D eigenvalue weighted by Gasteiger charge is 2.28. The molecule has 1 amide bonds. The number of hydrogen-bond acceptors (Lipinski definition) is 10. The quantitative estimate of drug-likeness (QED) is 0.204. The normalized spacial score (nSPS) is 13.1. The molecule has 0 aliphatic carbocycles. The smallest absolute Gasteiger partial charge is 0.408 e. The van der Waals surface area contributed by atoms with Gasteiger partial charge in [0.15, 0.2) is 11.5 Å². The number of rotatable bonds is 13. The Hall–Kier alpha value is -3.99. The van der Waals surface area contributed by atoms with E-state index in [1.54, 1.807) is 60.8 Å². The number of carbonyl (C=O) groups is 3. The van der Waals surface area contributed by atoms with E-state index in [9.17, 15) is 14.4 Å². The van der Waals surface area contributed by atoms with Crippen LogP contribution < -0.4 is 25.3 Å². The molecule has 46 heavy (non-hydrogen) atoms. The van der Waals surface area contributed by atoms with Gasteiger partial charge in [0.25, 0.3) is 0 Å². The number of ether oxygens (including phenoxy) is 6. The molecule has 0 bridgehead atoms. The van der Waals surface area contributed by atoms with Gasteiger partial charge in [-0.2, -0.15) is 0 Å². The minimum Gasteiger partial charge on any atom is -0.496 e. The third kappa shape index (κ3) is 12.1. The molecule has 0 saturated heterocycles. The first-order chi connectivity index (χ1) is 21.2. The zero-order valence-corrected chi connectivity index (χ0v) is 29.4. The minimum absolute atomic E-state index is 0.0990. The van der Waals surface area contributed by atoms with Crippen LogP contribution in [0.2, 0.25) is 0 Å². The average molecular weight is 645 g/mol. The van der Waals surface area contributed by atoms with E-state index in [0.717, 1.165) is 0 Å². The Balaban J connectivity index is 2.70. The highest BCUT2D eigenvalue weighted by Crippen LogP contribution is 2.44. The van der Waals surface area contributed by atoms with E-state index >= 15 is 0 Å². The summed E-state index contributed by atoms with van der Waals surface area (Å²) in [6.07, 6.45) is -0.871. The van der Waals surface area contributed by atoms with Crippen molar-refractivity contribution >= 4 is 18.0 Å². The first-order valence-electron chi connectivity index (χ1n) is 15.5. The molecular weight excluding hydrogens is 592 g/mol. The third-order valence-electron chi connectivity index (χ3n) is 6.17. The van der Waals surface area contributed by atoms with E-state index in [4.69, 9.17) is 34.2 Å². The number of esters is 2. The Morgan fingerprint density at radius 1 is 0.739 bits per heavy atom. The van der Waals surface area contributed by atoms with Crippen LogP contribution in [-0.2, 0) is 36.6 Å². The Kier molecular flexibility index (Phi) is 13.3. The van der Waals surface area contributed by atoms with Gasteiger partial charge in [-0.25, -0.2) is 9.59 Å². The maximum Gasteiger partial charge on any atom is 0.408 e. The minimum atomic E-state index is -1.02. The van der Waals surface area contributed by atoms with Gasteiger partial charge in [-0.1, -0.05) is 6.07 Å². The Morgan fingerprint density at radius 3 is 1.85 bits per heavy atom. The SMILES string of the molecule is COC(=O)[C@H](Cc1ccc(OC)c(-c2cc(C[C@H](N)C(=O)OC(C)(C)C)cc(OC(C)C)c2OC(C)C)c1)NC(=O)OC(C)(C)C. The zero-order chi connectivity index (χ0) is 35.0. The summed E-state index contributed by atoms with van der Waals surface area (Å²) in [6, 6.07) is 7.17. The topological polar surface area (TPSA) is 145 Å². The number of nitrogens with two attached hydrogens (primary N) is 1. The molecule has 2 aromatic rings. The monoisotopic (exact) mass is 644 g/mol. The van der Waals surface area contributed by atoms with E-state index < -0.39 is 41.3 Å². The van der Waals surface area contributed by atoms with Crippen molar-refractivity contribution in [1.82, 2.24) is 5.32 Å². The van der Waals surface area contributed by atoms with Gasteiger partial charge in [0.2, 0.25) is 0 Å². The zero-order valence-electron chi connectivity index (χ0n) is 29.4. The lowest BCUT2D eigenvalue weighted by molar-refractivity contribution is -0.156. The number of amides is 1. The van der Waals surface area contributed by atoms with Crippen LogP contribution in [0, 0.1) is 0 Å². The Bertz CT molecular complexity index is 1360. The summed E-state index contributed by atoms with van der Waals surface area (Å²) in [6.45, 7) is 18.2. The molecule has 2 rings (SSSR count). The summed E-state index contributed by atoms with van der Waals surface area (Å²) in [5.41, 5.74) is 7.55. The summed E-state index contributed by atoms with van der Waals surface area (Å²) in [4.78, 5) is 38.0. The molecule has 0 unspecified atom stereocenters. The van der Waals surface area contributed by atoms with Gasteiger partial charge in [-0.05, 0) is 111 Å². The van der Waals surface area contributed by atoms with Crippen LogP contribution in [0.3, 0.4) is 0 Å². The first-order valence-corrected chi connectivity index (χ1v) is 15.5. The van der Waals surface area contributed by atoms with Crippen molar-refractivity contribution in [2.45, 2.75) is 118 Å². The highest BCUT2D eigenvalue weighted by atomic mass is 16.6. The fourth-order valence-electron chi connectivity index (χ4n) is 4.50. The molecule has 0 saturated carbocycles.